The van der Waals surface area contributed by atoms with Crippen LogP contribution in [0.5, 0.6) is 0 Å². The van der Waals surface area contributed by atoms with Crippen molar-refractivity contribution in [1.82, 2.24) is 14.8 Å². The maximum Gasteiger partial charge on any atom is 0.344 e. The zero-order valence-electron chi connectivity index (χ0n) is 9.60. The average Bonchev–Trinajstić information content (AvgIpc) is 3.13. The highest BCUT2D eigenvalue weighted by atomic mass is 79.9. The maximum absolute atomic E-state index is 11.6. The normalized spacial score (nSPS) is 14.9. The van der Waals surface area contributed by atoms with Crippen LogP contribution in [0.4, 0.5) is 0 Å². The lowest BCUT2D eigenvalue weighted by atomic mass is 10.2. The molecule has 0 bridgehead atoms. The summed E-state index contributed by atoms with van der Waals surface area (Å²) in [5.74, 6) is 0.824. The molecule has 0 atom stereocenters. The van der Waals surface area contributed by atoms with Crippen molar-refractivity contribution in [3.05, 3.63) is 44.8 Å². The van der Waals surface area contributed by atoms with Crippen molar-refractivity contribution >= 4 is 27.7 Å². The van der Waals surface area contributed by atoms with E-state index in [9.17, 15) is 4.79 Å². The molecular formula is C12H12BrN3OS. The van der Waals surface area contributed by atoms with Crippen LogP contribution in [0.1, 0.15) is 24.4 Å². The minimum atomic E-state index is -0.0872. The Morgan fingerprint density at radius 2 is 2.11 bits per heavy atom. The van der Waals surface area contributed by atoms with Crippen LogP contribution in [0.15, 0.2) is 38.7 Å². The van der Waals surface area contributed by atoms with Gasteiger partial charge in [0.2, 0.25) is 0 Å². The molecule has 1 fully saturated rings. The molecule has 0 aliphatic heterocycles. The van der Waals surface area contributed by atoms with Gasteiger partial charge in [0.15, 0.2) is 5.16 Å². The number of halogens is 1. The molecule has 94 valence electrons. The Bertz CT molecular complexity index is 601. The number of hydrogen-bond acceptors (Lipinski definition) is 3. The Morgan fingerprint density at radius 1 is 1.39 bits per heavy atom. The summed E-state index contributed by atoms with van der Waals surface area (Å²) < 4.78 is 2.86. The summed E-state index contributed by atoms with van der Waals surface area (Å²) in [5.41, 5.74) is 1.14. The van der Waals surface area contributed by atoms with Crippen molar-refractivity contribution in [2.75, 3.05) is 0 Å². The monoisotopic (exact) mass is 325 g/mol. The lowest BCUT2D eigenvalue weighted by molar-refractivity contribution is 0.642. The standard InChI is InChI=1S/C12H12BrN3OS/c13-9-3-1-8(2-4-9)7-18-12-15-14-11(17)16(12)10-5-6-10/h1-4,10H,5-7H2,(H,14,17). The minimum absolute atomic E-state index is 0.0872. The van der Waals surface area contributed by atoms with E-state index in [-0.39, 0.29) is 5.69 Å². The van der Waals surface area contributed by atoms with Crippen LogP contribution in [-0.4, -0.2) is 14.8 Å². The molecule has 0 spiro atoms. The number of H-pyrrole nitrogens is 1. The van der Waals surface area contributed by atoms with E-state index in [2.05, 4.69) is 38.3 Å². The highest BCUT2D eigenvalue weighted by Gasteiger charge is 2.28. The maximum atomic E-state index is 11.6. The third-order valence-electron chi connectivity index (χ3n) is 2.87. The summed E-state index contributed by atoms with van der Waals surface area (Å²) in [6, 6.07) is 8.55. The molecule has 0 amide bonds. The number of thioether (sulfide) groups is 1. The van der Waals surface area contributed by atoms with E-state index in [4.69, 9.17) is 0 Å². The first-order valence-corrected chi connectivity index (χ1v) is 7.56. The van der Waals surface area contributed by atoms with Gasteiger partial charge in [-0.2, -0.15) is 0 Å². The van der Waals surface area contributed by atoms with E-state index in [0.29, 0.717) is 6.04 Å². The predicted octanol–water partition coefficient (Wildman–Crippen LogP) is 2.96. The number of nitrogens with zero attached hydrogens (tertiary/aromatic N) is 2. The van der Waals surface area contributed by atoms with Crippen LogP contribution in [0.25, 0.3) is 0 Å². The summed E-state index contributed by atoms with van der Waals surface area (Å²) >= 11 is 5.01. The quantitative estimate of drug-likeness (QED) is 0.879. The van der Waals surface area contributed by atoms with Gasteiger partial charge in [0.05, 0.1) is 0 Å². The minimum Gasteiger partial charge on any atom is -0.267 e. The Balaban J connectivity index is 1.73. The van der Waals surface area contributed by atoms with Gasteiger partial charge in [-0.3, -0.25) is 4.57 Å². The van der Waals surface area contributed by atoms with Gasteiger partial charge in [0.1, 0.15) is 0 Å². The fourth-order valence-corrected chi connectivity index (χ4v) is 3.01. The zero-order chi connectivity index (χ0) is 12.5. The van der Waals surface area contributed by atoms with Crippen LogP contribution in [-0.2, 0) is 5.75 Å². The second-order valence-electron chi connectivity index (χ2n) is 4.33. The molecule has 18 heavy (non-hydrogen) atoms. The largest absolute Gasteiger partial charge is 0.344 e. The smallest absolute Gasteiger partial charge is 0.267 e. The van der Waals surface area contributed by atoms with Crippen LogP contribution >= 0.6 is 27.7 Å². The number of aromatic nitrogens is 3. The van der Waals surface area contributed by atoms with Gasteiger partial charge in [0.25, 0.3) is 0 Å². The fraction of sp³-hybridized carbons (Fsp3) is 0.333. The Kier molecular flexibility index (Phi) is 3.30. The molecule has 0 unspecified atom stereocenters. The molecule has 1 aliphatic rings. The highest BCUT2D eigenvalue weighted by Crippen LogP contribution is 2.36. The van der Waals surface area contributed by atoms with E-state index >= 15 is 0 Å². The number of aromatic amines is 1. The first kappa shape index (κ1) is 12.0. The summed E-state index contributed by atoms with van der Waals surface area (Å²) in [7, 11) is 0. The van der Waals surface area contributed by atoms with Crippen molar-refractivity contribution < 1.29 is 0 Å². The zero-order valence-corrected chi connectivity index (χ0v) is 12.0. The van der Waals surface area contributed by atoms with Crippen LogP contribution in [0, 0.1) is 0 Å². The summed E-state index contributed by atoms with van der Waals surface area (Å²) in [4.78, 5) is 11.6. The van der Waals surface area contributed by atoms with E-state index in [1.54, 1.807) is 16.3 Å². The van der Waals surface area contributed by atoms with Gasteiger partial charge in [-0.15, -0.1) is 5.10 Å². The lowest BCUT2D eigenvalue weighted by Crippen LogP contribution is -2.16. The number of nitrogens with one attached hydrogen (secondary N) is 1. The van der Waals surface area contributed by atoms with Gasteiger partial charge in [-0.25, -0.2) is 9.89 Å². The first-order valence-electron chi connectivity index (χ1n) is 5.78. The molecule has 1 aromatic carbocycles. The third-order valence-corrected chi connectivity index (χ3v) is 4.42. The lowest BCUT2D eigenvalue weighted by Gasteiger charge is -2.03. The summed E-state index contributed by atoms with van der Waals surface area (Å²) in [6.07, 6.45) is 2.18. The predicted molar refractivity (Wildman–Crippen MR) is 74.8 cm³/mol. The van der Waals surface area contributed by atoms with Gasteiger partial charge >= 0.3 is 5.69 Å². The molecule has 0 radical (unpaired) electrons. The second kappa shape index (κ2) is 4.93. The van der Waals surface area contributed by atoms with Crippen LogP contribution in [0.2, 0.25) is 0 Å². The Labute approximate surface area is 117 Å². The van der Waals surface area contributed by atoms with E-state index in [1.165, 1.54) is 5.56 Å². The third kappa shape index (κ3) is 2.54. The van der Waals surface area contributed by atoms with E-state index in [1.807, 2.05) is 12.1 Å². The molecule has 2 aromatic rings. The average molecular weight is 326 g/mol. The number of benzene rings is 1. The molecule has 1 N–H and O–H groups in total. The first-order chi connectivity index (χ1) is 8.74. The summed E-state index contributed by atoms with van der Waals surface area (Å²) in [5, 5.41) is 7.42. The van der Waals surface area contributed by atoms with Crippen molar-refractivity contribution in [2.45, 2.75) is 29.8 Å². The van der Waals surface area contributed by atoms with Crippen molar-refractivity contribution in [3.8, 4) is 0 Å². The topological polar surface area (TPSA) is 50.7 Å². The molecule has 1 saturated carbocycles. The van der Waals surface area contributed by atoms with E-state index in [0.717, 1.165) is 28.2 Å². The molecule has 3 rings (SSSR count). The number of rotatable bonds is 4. The molecule has 1 heterocycles. The molecule has 1 aromatic heterocycles. The molecule has 0 saturated heterocycles. The fourth-order valence-electron chi connectivity index (χ4n) is 1.78. The molecule has 6 heteroatoms. The molecular weight excluding hydrogens is 314 g/mol. The SMILES string of the molecule is O=c1[nH]nc(SCc2ccc(Br)cc2)n1C1CC1. The van der Waals surface area contributed by atoms with Crippen molar-refractivity contribution in [1.29, 1.82) is 0 Å². The van der Waals surface area contributed by atoms with Crippen LogP contribution in [0.3, 0.4) is 0 Å². The van der Waals surface area contributed by atoms with Gasteiger partial charge in [0, 0.05) is 16.3 Å². The number of hydrogen-bond donors (Lipinski definition) is 1. The van der Waals surface area contributed by atoms with Crippen molar-refractivity contribution in [2.24, 2.45) is 0 Å². The van der Waals surface area contributed by atoms with Gasteiger partial charge < -0.3 is 0 Å². The summed E-state index contributed by atoms with van der Waals surface area (Å²) in [6.45, 7) is 0. The molecule has 1 aliphatic carbocycles. The Hall–Kier alpha value is -1.01. The second-order valence-corrected chi connectivity index (χ2v) is 6.19. The molecule has 4 nitrogen and oxygen atoms in total. The van der Waals surface area contributed by atoms with Crippen LogP contribution < -0.4 is 5.69 Å². The van der Waals surface area contributed by atoms with Gasteiger partial charge in [-0.05, 0) is 30.5 Å². The van der Waals surface area contributed by atoms with Gasteiger partial charge in [-0.1, -0.05) is 39.8 Å². The van der Waals surface area contributed by atoms with E-state index < -0.39 is 0 Å². The van der Waals surface area contributed by atoms with Crippen molar-refractivity contribution in [3.63, 3.8) is 0 Å². The Morgan fingerprint density at radius 3 is 2.78 bits per heavy atom. The highest BCUT2D eigenvalue weighted by molar-refractivity contribution is 9.10.